The standard InChI is InChI=1S/C9H18N2O3/c10-8(9(11)12)3-5-13-6-7-2-1-4-14-7/h7-8H,1-6,10H2,(H2,11,12). The number of ether oxygens (including phenoxy) is 2. The van der Waals surface area contributed by atoms with Gasteiger partial charge in [0.05, 0.1) is 18.8 Å². The fourth-order valence-corrected chi connectivity index (χ4v) is 1.34. The van der Waals surface area contributed by atoms with Crippen LogP contribution in [0.1, 0.15) is 19.3 Å². The van der Waals surface area contributed by atoms with Gasteiger partial charge in [0.1, 0.15) is 0 Å². The van der Waals surface area contributed by atoms with E-state index in [4.69, 9.17) is 20.9 Å². The average Bonchev–Trinajstić information content (AvgIpc) is 2.64. The molecule has 1 amide bonds. The minimum absolute atomic E-state index is 0.222. The van der Waals surface area contributed by atoms with Gasteiger partial charge in [0.2, 0.25) is 5.91 Å². The normalized spacial score (nSPS) is 23.6. The molecule has 0 radical (unpaired) electrons. The number of hydrogen-bond donors (Lipinski definition) is 2. The lowest BCUT2D eigenvalue weighted by Crippen LogP contribution is -2.37. The molecule has 0 spiro atoms. The molecule has 5 heteroatoms. The second-order valence-corrected chi connectivity index (χ2v) is 3.51. The van der Waals surface area contributed by atoms with E-state index in [-0.39, 0.29) is 6.10 Å². The maximum absolute atomic E-state index is 10.6. The molecular weight excluding hydrogens is 184 g/mol. The van der Waals surface area contributed by atoms with Crippen molar-refractivity contribution in [2.45, 2.75) is 31.4 Å². The van der Waals surface area contributed by atoms with Crippen molar-refractivity contribution < 1.29 is 14.3 Å². The van der Waals surface area contributed by atoms with Crippen LogP contribution in [-0.2, 0) is 14.3 Å². The van der Waals surface area contributed by atoms with E-state index < -0.39 is 11.9 Å². The largest absolute Gasteiger partial charge is 0.379 e. The van der Waals surface area contributed by atoms with Crippen molar-refractivity contribution in [3.63, 3.8) is 0 Å². The molecule has 0 aromatic carbocycles. The first-order valence-electron chi connectivity index (χ1n) is 4.94. The predicted molar refractivity (Wildman–Crippen MR) is 51.6 cm³/mol. The van der Waals surface area contributed by atoms with Gasteiger partial charge in [0.15, 0.2) is 0 Å². The molecule has 0 saturated carbocycles. The average molecular weight is 202 g/mol. The number of hydrogen-bond acceptors (Lipinski definition) is 4. The molecule has 1 aliphatic rings. The quantitative estimate of drug-likeness (QED) is 0.562. The van der Waals surface area contributed by atoms with Crippen LogP contribution in [0.5, 0.6) is 0 Å². The third-order valence-electron chi connectivity index (χ3n) is 2.27. The Labute approximate surface area is 83.7 Å². The van der Waals surface area contributed by atoms with E-state index in [1.54, 1.807) is 0 Å². The lowest BCUT2D eigenvalue weighted by Gasteiger charge is -2.11. The summed E-state index contributed by atoms with van der Waals surface area (Å²) < 4.78 is 10.7. The van der Waals surface area contributed by atoms with Crippen LogP contribution in [0.3, 0.4) is 0 Å². The Morgan fingerprint density at radius 3 is 3.00 bits per heavy atom. The van der Waals surface area contributed by atoms with E-state index in [0.29, 0.717) is 19.6 Å². The van der Waals surface area contributed by atoms with Crippen LogP contribution < -0.4 is 11.5 Å². The van der Waals surface area contributed by atoms with Crippen LogP contribution in [0, 0.1) is 0 Å². The van der Waals surface area contributed by atoms with Gasteiger partial charge in [-0.25, -0.2) is 0 Å². The summed E-state index contributed by atoms with van der Waals surface area (Å²) in [6, 6.07) is -0.598. The Balaban J connectivity index is 1.95. The van der Waals surface area contributed by atoms with Gasteiger partial charge in [0.25, 0.3) is 0 Å². The van der Waals surface area contributed by atoms with E-state index in [2.05, 4.69) is 0 Å². The van der Waals surface area contributed by atoms with Crippen molar-refractivity contribution in [2.24, 2.45) is 11.5 Å². The Hall–Kier alpha value is -0.650. The molecule has 4 N–H and O–H groups in total. The molecule has 1 heterocycles. The van der Waals surface area contributed by atoms with Crippen LogP contribution >= 0.6 is 0 Å². The molecule has 14 heavy (non-hydrogen) atoms. The highest BCUT2D eigenvalue weighted by Gasteiger charge is 2.15. The number of rotatable bonds is 6. The summed E-state index contributed by atoms with van der Waals surface area (Å²) in [6.07, 6.45) is 2.86. The third-order valence-corrected chi connectivity index (χ3v) is 2.27. The molecular formula is C9H18N2O3. The van der Waals surface area contributed by atoms with E-state index in [9.17, 15) is 4.79 Å². The summed E-state index contributed by atoms with van der Waals surface area (Å²) in [5.74, 6) is -0.481. The highest BCUT2D eigenvalue weighted by atomic mass is 16.5. The molecule has 0 aromatic rings. The van der Waals surface area contributed by atoms with E-state index in [0.717, 1.165) is 19.4 Å². The Kier molecular flexibility index (Phi) is 4.86. The van der Waals surface area contributed by atoms with Crippen molar-refractivity contribution in [1.82, 2.24) is 0 Å². The molecule has 5 nitrogen and oxygen atoms in total. The zero-order chi connectivity index (χ0) is 10.4. The van der Waals surface area contributed by atoms with Crippen LogP contribution in [-0.4, -0.2) is 37.9 Å². The molecule has 2 atom stereocenters. The van der Waals surface area contributed by atoms with Gasteiger partial charge in [-0.1, -0.05) is 0 Å². The van der Waals surface area contributed by atoms with Crippen molar-refractivity contribution in [3.8, 4) is 0 Å². The Bertz CT molecular complexity index is 181. The predicted octanol–water partition coefficient (Wildman–Crippen LogP) is -0.615. The summed E-state index contributed by atoms with van der Waals surface area (Å²) in [5, 5.41) is 0. The summed E-state index contributed by atoms with van der Waals surface area (Å²) in [7, 11) is 0. The minimum atomic E-state index is -0.598. The van der Waals surface area contributed by atoms with Crippen molar-refractivity contribution >= 4 is 5.91 Å². The lowest BCUT2D eigenvalue weighted by molar-refractivity contribution is -0.119. The van der Waals surface area contributed by atoms with Gasteiger partial charge in [-0.2, -0.15) is 0 Å². The summed E-state index contributed by atoms with van der Waals surface area (Å²) in [4.78, 5) is 10.6. The Morgan fingerprint density at radius 1 is 1.64 bits per heavy atom. The van der Waals surface area contributed by atoms with Crippen molar-refractivity contribution in [3.05, 3.63) is 0 Å². The number of carbonyl (C=O) groups is 1. The minimum Gasteiger partial charge on any atom is -0.379 e. The molecule has 1 saturated heterocycles. The summed E-state index contributed by atoms with van der Waals surface area (Å²) >= 11 is 0. The summed E-state index contributed by atoms with van der Waals surface area (Å²) in [6.45, 7) is 1.88. The number of primary amides is 1. The maximum Gasteiger partial charge on any atom is 0.234 e. The second kappa shape index (κ2) is 5.95. The van der Waals surface area contributed by atoms with Crippen LogP contribution in [0.15, 0.2) is 0 Å². The van der Waals surface area contributed by atoms with E-state index >= 15 is 0 Å². The molecule has 1 fully saturated rings. The molecule has 1 rings (SSSR count). The third kappa shape index (κ3) is 4.04. The molecule has 82 valence electrons. The van der Waals surface area contributed by atoms with Gasteiger partial charge < -0.3 is 20.9 Å². The molecule has 2 unspecified atom stereocenters. The lowest BCUT2D eigenvalue weighted by atomic mass is 10.2. The molecule has 0 aliphatic carbocycles. The zero-order valence-corrected chi connectivity index (χ0v) is 8.28. The van der Waals surface area contributed by atoms with Crippen molar-refractivity contribution in [1.29, 1.82) is 0 Å². The van der Waals surface area contributed by atoms with Crippen LogP contribution in [0.4, 0.5) is 0 Å². The van der Waals surface area contributed by atoms with Crippen LogP contribution in [0.2, 0.25) is 0 Å². The fraction of sp³-hybridized carbons (Fsp3) is 0.889. The van der Waals surface area contributed by atoms with Gasteiger partial charge >= 0.3 is 0 Å². The first-order chi connectivity index (χ1) is 6.70. The topological polar surface area (TPSA) is 87.6 Å². The first kappa shape index (κ1) is 11.4. The van der Waals surface area contributed by atoms with Gasteiger partial charge in [0, 0.05) is 13.2 Å². The molecule has 1 aliphatic heterocycles. The number of amides is 1. The van der Waals surface area contributed by atoms with Gasteiger partial charge in [-0.15, -0.1) is 0 Å². The van der Waals surface area contributed by atoms with Gasteiger partial charge in [-0.05, 0) is 19.3 Å². The maximum atomic E-state index is 10.6. The van der Waals surface area contributed by atoms with E-state index in [1.165, 1.54) is 0 Å². The van der Waals surface area contributed by atoms with Gasteiger partial charge in [-0.3, -0.25) is 4.79 Å². The SMILES string of the molecule is NC(=O)C(N)CCOCC1CCCO1. The highest BCUT2D eigenvalue weighted by Crippen LogP contribution is 2.11. The smallest absolute Gasteiger partial charge is 0.234 e. The second-order valence-electron chi connectivity index (χ2n) is 3.51. The number of nitrogens with two attached hydrogens (primary N) is 2. The Morgan fingerprint density at radius 2 is 2.43 bits per heavy atom. The van der Waals surface area contributed by atoms with Crippen molar-refractivity contribution in [2.75, 3.05) is 19.8 Å². The zero-order valence-electron chi connectivity index (χ0n) is 8.28. The fourth-order valence-electron chi connectivity index (χ4n) is 1.34. The summed E-state index contributed by atoms with van der Waals surface area (Å²) in [5.41, 5.74) is 10.4. The van der Waals surface area contributed by atoms with Crippen LogP contribution in [0.25, 0.3) is 0 Å². The molecule has 0 bridgehead atoms. The molecule has 0 aromatic heterocycles. The highest BCUT2D eigenvalue weighted by molar-refractivity contribution is 5.79. The monoisotopic (exact) mass is 202 g/mol. The number of carbonyl (C=O) groups excluding carboxylic acids is 1. The van der Waals surface area contributed by atoms with E-state index in [1.807, 2.05) is 0 Å². The first-order valence-corrected chi connectivity index (χ1v) is 4.94.